The molecule has 0 saturated carbocycles. The van der Waals surface area contributed by atoms with Gasteiger partial charge in [-0.3, -0.25) is 9.59 Å². The highest BCUT2D eigenvalue weighted by Gasteiger charge is 2.45. The summed E-state index contributed by atoms with van der Waals surface area (Å²) in [5.41, 5.74) is 1.13. The van der Waals surface area contributed by atoms with Crippen LogP contribution >= 0.6 is 0 Å². The Kier molecular flexibility index (Phi) is 7.92. The van der Waals surface area contributed by atoms with Gasteiger partial charge in [-0.2, -0.15) is 0 Å². The Morgan fingerprint density at radius 3 is 2.45 bits per heavy atom. The number of fused-ring (bicyclic) bond motifs is 1. The third-order valence-electron chi connectivity index (χ3n) is 7.45. The number of nitrogens with zero attached hydrogens (tertiary/aromatic N) is 2. The van der Waals surface area contributed by atoms with Crippen LogP contribution in [0.3, 0.4) is 0 Å². The lowest BCUT2D eigenvalue weighted by atomic mass is 9.76. The van der Waals surface area contributed by atoms with Gasteiger partial charge >= 0.3 is 0 Å². The summed E-state index contributed by atoms with van der Waals surface area (Å²) in [7, 11) is 1.80. The van der Waals surface area contributed by atoms with Crippen molar-refractivity contribution in [3.8, 4) is 0 Å². The summed E-state index contributed by atoms with van der Waals surface area (Å²) in [5, 5.41) is 3.03. The molecular weight excluding hydrogens is 386 g/mol. The van der Waals surface area contributed by atoms with Gasteiger partial charge in [-0.05, 0) is 56.7 Å². The van der Waals surface area contributed by atoms with Gasteiger partial charge in [-0.25, -0.2) is 0 Å². The van der Waals surface area contributed by atoms with Crippen molar-refractivity contribution in [3.05, 3.63) is 35.9 Å². The number of piperidine rings is 1. The number of likely N-dealkylation sites (N-methyl/N-ethyl adjacent to an activating group) is 1. The fourth-order valence-electron chi connectivity index (χ4n) is 5.12. The maximum absolute atomic E-state index is 13.7. The minimum absolute atomic E-state index is 0.125. The van der Waals surface area contributed by atoms with Crippen molar-refractivity contribution < 1.29 is 9.59 Å². The monoisotopic (exact) mass is 427 g/mol. The van der Waals surface area contributed by atoms with Crippen LogP contribution in [0, 0.1) is 17.3 Å². The van der Waals surface area contributed by atoms with Crippen molar-refractivity contribution in [2.45, 2.75) is 65.5 Å². The third kappa shape index (κ3) is 5.95. The highest BCUT2D eigenvalue weighted by Crippen LogP contribution is 2.37. The number of benzene rings is 1. The number of nitrogens with one attached hydrogen (secondary N) is 1. The Labute approximate surface area is 188 Å². The molecule has 2 saturated heterocycles. The molecular formula is C26H41N3O2. The number of likely N-dealkylation sites (tertiary alicyclic amines) is 2. The summed E-state index contributed by atoms with van der Waals surface area (Å²) in [6, 6.07) is 10.7. The van der Waals surface area contributed by atoms with E-state index < -0.39 is 0 Å². The lowest BCUT2D eigenvalue weighted by Crippen LogP contribution is -2.53. The SMILES string of the molecule is CN[C@@H](C)C(=O)C[C@H](C(=O)N1CC[C@H]2CCN(CCc3ccccc3)C[C@H]21)C(C)(C)C. The molecule has 4 atom stereocenters. The van der Waals surface area contributed by atoms with E-state index in [9.17, 15) is 9.59 Å². The van der Waals surface area contributed by atoms with Crippen LogP contribution in [0.2, 0.25) is 0 Å². The highest BCUT2D eigenvalue weighted by molar-refractivity contribution is 5.90. The Hall–Kier alpha value is -1.72. The first-order valence-electron chi connectivity index (χ1n) is 12.0. The van der Waals surface area contributed by atoms with Crippen molar-refractivity contribution in [2.24, 2.45) is 17.3 Å². The zero-order valence-electron chi connectivity index (χ0n) is 20.1. The first-order chi connectivity index (χ1) is 14.7. The first kappa shape index (κ1) is 23.9. The van der Waals surface area contributed by atoms with Crippen molar-refractivity contribution in [2.75, 3.05) is 33.2 Å². The topological polar surface area (TPSA) is 52.7 Å². The molecule has 1 aromatic carbocycles. The van der Waals surface area contributed by atoms with Gasteiger partial charge in [0.05, 0.1) is 6.04 Å². The van der Waals surface area contributed by atoms with Gasteiger partial charge in [-0.15, -0.1) is 0 Å². The molecule has 5 nitrogen and oxygen atoms in total. The maximum atomic E-state index is 13.7. The molecule has 0 bridgehead atoms. The smallest absolute Gasteiger partial charge is 0.226 e. The van der Waals surface area contributed by atoms with Crippen molar-refractivity contribution in [1.29, 1.82) is 0 Å². The lowest BCUT2D eigenvalue weighted by molar-refractivity contribution is -0.144. The number of Topliss-reactive ketones (excluding diaryl/α,β-unsaturated/α-hetero) is 1. The number of hydrogen-bond donors (Lipinski definition) is 1. The molecule has 2 heterocycles. The second-order valence-corrected chi connectivity index (χ2v) is 10.6. The van der Waals surface area contributed by atoms with Crippen LogP contribution in [-0.4, -0.2) is 66.8 Å². The van der Waals surface area contributed by atoms with Crippen molar-refractivity contribution >= 4 is 11.7 Å². The fraction of sp³-hybridized carbons (Fsp3) is 0.692. The molecule has 0 radical (unpaired) electrons. The number of rotatable bonds is 8. The zero-order chi connectivity index (χ0) is 22.6. The summed E-state index contributed by atoms with van der Waals surface area (Å²) in [6.07, 6.45) is 3.63. The van der Waals surface area contributed by atoms with Gasteiger partial charge in [0, 0.05) is 38.0 Å². The number of carbonyl (C=O) groups is 2. The van der Waals surface area contributed by atoms with Gasteiger partial charge in [0.1, 0.15) is 5.78 Å². The number of ketones is 1. The molecule has 31 heavy (non-hydrogen) atoms. The summed E-state index contributed by atoms with van der Waals surface area (Å²) in [5.74, 6) is 0.639. The molecule has 172 valence electrons. The molecule has 0 aromatic heterocycles. The molecule has 0 spiro atoms. The van der Waals surface area contributed by atoms with E-state index in [1.54, 1.807) is 7.05 Å². The van der Waals surface area contributed by atoms with Crippen LogP contribution in [0.15, 0.2) is 30.3 Å². The van der Waals surface area contributed by atoms with Gasteiger partial charge in [0.25, 0.3) is 0 Å². The molecule has 5 heteroatoms. The van der Waals surface area contributed by atoms with Crippen molar-refractivity contribution in [3.63, 3.8) is 0 Å². The van der Waals surface area contributed by atoms with Gasteiger partial charge < -0.3 is 15.1 Å². The Balaban J connectivity index is 1.66. The maximum Gasteiger partial charge on any atom is 0.226 e. The molecule has 3 rings (SSSR count). The average molecular weight is 428 g/mol. The normalized spacial score (nSPS) is 24.0. The molecule has 1 amide bonds. The standard InChI is InChI=1S/C26H41N3O2/c1-19(27-5)24(30)17-22(26(2,3)4)25(31)29-16-13-21-12-15-28(18-23(21)29)14-11-20-9-7-6-8-10-20/h6-10,19,21-23,27H,11-18H2,1-5H3/t19-,21+,22+,23+/m0/s1. The zero-order valence-corrected chi connectivity index (χ0v) is 20.1. The first-order valence-corrected chi connectivity index (χ1v) is 12.0. The highest BCUT2D eigenvalue weighted by atomic mass is 16.2. The molecule has 2 aliphatic rings. The van der Waals surface area contributed by atoms with E-state index >= 15 is 0 Å². The van der Waals surface area contributed by atoms with Crippen LogP contribution in [0.25, 0.3) is 0 Å². The molecule has 1 N–H and O–H groups in total. The Morgan fingerprint density at radius 2 is 1.81 bits per heavy atom. The summed E-state index contributed by atoms with van der Waals surface area (Å²) in [6.45, 7) is 12.1. The second-order valence-electron chi connectivity index (χ2n) is 10.6. The van der Waals surface area contributed by atoms with Gasteiger partial charge in [0.15, 0.2) is 0 Å². The summed E-state index contributed by atoms with van der Waals surface area (Å²) in [4.78, 5) is 31.0. The minimum Gasteiger partial charge on any atom is -0.338 e. The Morgan fingerprint density at radius 1 is 1.13 bits per heavy atom. The van der Waals surface area contributed by atoms with E-state index in [0.717, 1.165) is 39.0 Å². The van der Waals surface area contributed by atoms with Crippen LogP contribution in [0.1, 0.15) is 52.5 Å². The van der Waals surface area contributed by atoms with Crippen molar-refractivity contribution in [1.82, 2.24) is 15.1 Å². The van der Waals surface area contributed by atoms with E-state index in [0.29, 0.717) is 18.4 Å². The van der Waals surface area contributed by atoms with Crippen LogP contribution < -0.4 is 5.32 Å². The largest absolute Gasteiger partial charge is 0.338 e. The van der Waals surface area contributed by atoms with Gasteiger partial charge in [0.2, 0.25) is 5.91 Å². The number of carbonyl (C=O) groups excluding carboxylic acids is 2. The summed E-state index contributed by atoms with van der Waals surface area (Å²) >= 11 is 0. The quantitative estimate of drug-likeness (QED) is 0.691. The lowest BCUT2D eigenvalue weighted by Gasteiger charge is -2.41. The van der Waals surface area contributed by atoms with Crippen LogP contribution in [0.5, 0.6) is 0 Å². The predicted octanol–water partition coefficient (Wildman–Crippen LogP) is 3.38. The minimum atomic E-state index is -0.269. The van der Waals surface area contributed by atoms with E-state index in [1.807, 2.05) is 6.92 Å². The predicted molar refractivity (Wildman–Crippen MR) is 126 cm³/mol. The molecule has 0 unspecified atom stereocenters. The third-order valence-corrected chi connectivity index (χ3v) is 7.45. The molecule has 1 aromatic rings. The molecule has 2 aliphatic heterocycles. The van der Waals surface area contributed by atoms with Crippen LogP contribution in [0.4, 0.5) is 0 Å². The van der Waals surface area contributed by atoms with Crippen LogP contribution in [-0.2, 0) is 16.0 Å². The van der Waals surface area contributed by atoms with E-state index in [2.05, 4.69) is 66.2 Å². The van der Waals surface area contributed by atoms with E-state index in [-0.39, 0.29) is 29.1 Å². The van der Waals surface area contributed by atoms with Gasteiger partial charge in [-0.1, -0.05) is 51.1 Å². The summed E-state index contributed by atoms with van der Waals surface area (Å²) < 4.78 is 0. The number of amides is 1. The fourth-order valence-corrected chi connectivity index (χ4v) is 5.12. The second kappa shape index (κ2) is 10.3. The molecule has 0 aliphatic carbocycles. The average Bonchev–Trinajstić information content (AvgIpc) is 3.18. The molecule has 2 fully saturated rings. The number of hydrogen-bond acceptors (Lipinski definition) is 4. The Bertz CT molecular complexity index is 743. The van der Waals surface area contributed by atoms with E-state index in [1.165, 1.54) is 12.0 Å². The van der Waals surface area contributed by atoms with E-state index in [4.69, 9.17) is 0 Å².